The summed E-state index contributed by atoms with van der Waals surface area (Å²) in [6.07, 6.45) is 6.11. The molecule has 4 rings (SSSR count). The maximum absolute atomic E-state index is 13.7. The van der Waals surface area contributed by atoms with Gasteiger partial charge in [-0.25, -0.2) is 14.4 Å². The lowest BCUT2D eigenvalue weighted by Crippen LogP contribution is -2.44. The van der Waals surface area contributed by atoms with Gasteiger partial charge in [-0.3, -0.25) is 0 Å². The minimum atomic E-state index is -0.935. The molecule has 0 spiro atoms. The van der Waals surface area contributed by atoms with Crippen LogP contribution in [-0.2, 0) is 30.4 Å². The number of fused-ring (bicyclic) bond motifs is 3. The Morgan fingerprint density at radius 1 is 0.898 bits per heavy atom. The first-order valence-electron chi connectivity index (χ1n) is 16.9. The van der Waals surface area contributed by atoms with Gasteiger partial charge in [0.25, 0.3) is 0 Å². The molecule has 3 atom stereocenters. The summed E-state index contributed by atoms with van der Waals surface area (Å²) >= 11 is 0. The standard InChI is InChI=1S/C41H49NO7/c1-27(2)24-36(42-40(46)47-26-35-33-14-9-7-12-31(33)32-13-8-10-15-34(32)35)39(45)48-37(16-11-17-38(44)49-41(4,5)6)28(3)18-19-29-20-22-30(25-43)23-21-29/h7-15,17-23,27-28,35-37,43H,16,24-26H2,1-6H3,(H,42,46)/b17-11+,19-18-/t28?,36-,37?/m0/s1. The first-order chi connectivity index (χ1) is 23.3. The normalized spacial score (nSPS) is 14.7. The molecule has 0 radical (unpaired) electrons. The van der Waals surface area contributed by atoms with Crippen molar-refractivity contribution in [3.63, 3.8) is 0 Å². The molecule has 0 bridgehead atoms. The third-order valence-electron chi connectivity index (χ3n) is 8.26. The van der Waals surface area contributed by atoms with Crippen LogP contribution in [0.15, 0.2) is 91.0 Å². The summed E-state index contributed by atoms with van der Waals surface area (Å²) in [7, 11) is 0. The van der Waals surface area contributed by atoms with Crippen molar-refractivity contribution in [3.05, 3.63) is 113 Å². The Balaban J connectivity index is 1.45. The smallest absolute Gasteiger partial charge is 0.407 e. The topological polar surface area (TPSA) is 111 Å². The molecule has 0 saturated heterocycles. The summed E-state index contributed by atoms with van der Waals surface area (Å²) in [5.41, 5.74) is 5.56. The zero-order chi connectivity index (χ0) is 35.6. The zero-order valence-electron chi connectivity index (χ0n) is 29.3. The Morgan fingerprint density at radius 2 is 1.51 bits per heavy atom. The van der Waals surface area contributed by atoms with Gasteiger partial charge >= 0.3 is 18.0 Å². The maximum Gasteiger partial charge on any atom is 0.407 e. The molecule has 3 aromatic carbocycles. The third kappa shape index (κ3) is 10.9. The number of rotatable bonds is 14. The molecule has 3 aromatic rings. The highest BCUT2D eigenvalue weighted by atomic mass is 16.6. The number of carbonyl (C=O) groups is 3. The minimum absolute atomic E-state index is 0.0377. The van der Waals surface area contributed by atoms with E-state index in [1.54, 1.807) is 26.8 Å². The summed E-state index contributed by atoms with van der Waals surface area (Å²) < 4.78 is 17.2. The number of carbonyl (C=O) groups excluding carboxylic acids is 3. The second-order valence-corrected chi connectivity index (χ2v) is 13.9. The average molecular weight is 668 g/mol. The van der Waals surface area contributed by atoms with Crippen LogP contribution in [0.5, 0.6) is 0 Å². The quantitative estimate of drug-likeness (QED) is 0.102. The van der Waals surface area contributed by atoms with Crippen molar-refractivity contribution in [1.82, 2.24) is 5.32 Å². The Morgan fingerprint density at radius 3 is 2.08 bits per heavy atom. The van der Waals surface area contributed by atoms with E-state index in [1.165, 1.54) is 6.08 Å². The van der Waals surface area contributed by atoms with E-state index in [-0.39, 0.29) is 37.4 Å². The fraction of sp³-hybridized carbons (Fsp3) is 0.390. The lowest BCUT2D eigenvalue weighted by Gasteiger charge is -2.26. The number of amides is 1. The largest absolute Gasteiger partial charge is 0.460 e. The highest BCUT2D eigenvalue weighted by Crippen LogP contribution is 2.44. The van der Waals surface area contributed by atoms with Crippen LogP contribution in [0, 0.1) is 11.8 Å². The van der Waals surface area contributed by atoms with Crippen LogP contribution in [0.4, 0.5) is 4.79 Å². The molecule has 1 amide bonds. The molecule has 2 unspecified atom stereocenters. The van der Waals surface area contributed by atoms with Crippen molar-refractivity contribution >= 4 is 24.1 Å². The van der Waals surface area contributed by atoms with Crippen molar-refractivity contribution in [2.45, 2.75) is 84.7 Å². The second kappa shape index (κ2) is 17.1. The van der Waals surface area contributed by atoms with Gasteiger partial charge < -0.3 is 24.6 Å². The number of hydrogen-bond donors (Lipinski definition) is 2. The van der Waals surface area contributed by atoms with Gasteiger partial charge in [0.1, 0.15) is 24.4 Å². The number of esters is 2. The number of aliphatic hydroxyl groups excluding tert-OH is 1. The number of ether oxygens (including phenoxy) is 3. The van der Waals surface area contributed by atoms with E-state index < -0.39 is 35.8 Å². The van der Waals surface area contributed by atoms with Crippen LogP contribution >= 0.6 is 0 Å². The Hall–Kier alpha value is -4.69. The fourth-order valence-corrected chi connectivity index (χ4v) is 5.82. The van der Waals surface area contributed by atoms with E-state index in [2.05, 4.69) is 29.6 Å². The van der Waals surface area contributed by atoms with E-state index in [0.717, 1.165) is 33.4 Å². The van der Waals surface area contributed by atoms with Crippen LogP contribution in [0.25, 0.3) is 17.2 Å². The van der Waals surface area contributed by atoms with Gasteiger partial charge in [-0.1, -0.05) is 112 Å². The molecule has 1 aliphatic carbocycles. The van der Waals surface area contributed by atoms with Crippen LogP contribution in [0.2, 0.25) is 0 Å². The average Bonchev–Trinajstić information content (AvgIpc) is 3.38. The van der Waals surface area contributed by atoms with E-state index >= 15 is 0 Å². The lowest BCUT2D eigenvalue weighted by molar-refractivity contribution is -0.153. The predicted molar refractivity (Wildman–Crippen MR) is 191 cm³/mol. The molecular weight excluding hydrogens is 618 g/mol. The Labute approximate surface area is 290 Å². The summed E-state index contributed by atoms with van der Waals surface area (Å²) in [5.74, 6) is -1.35. The van der Waals surface area contributed by atoms with Gasteiger partial charge in [0, 0.05) is 24.3 Å². The van der Waals surface area contributed by atoms with Gasteiger partial charge in [-0.05, 0) is 66.5 Å². The third-order valence-corrected chi connectivity index (χ3v) is 8.26. The zero-order valence-corrected chi connectivity index (χ0v) is 29.3. The summed E-state index contributed by atoms with van der Waals surface area (Å²) in [5, 5.41) is 12.1. The maximum atomic E-state index is 13.7. The van der Waals surface area contributed by atoms with E-state index in [0.29, 0.717) is 6.42 Å². The van der Waals surface area contributed by atoms with Gasteiger partial charge in [0.15, 0.2) is 0 Å². The summed E-state index contributed by atoms with van der Waals surface area (Å²) in [6.45, 7) is 11.3. The van der Waals surface area contributed by atoms with Crippen molar-refractivity contribution in [3.8, 4) is 11.1 Å². The molecule has 8 nitrogen and oxygen atoms in total. The second-order valence-electron chi connectivity index (χ2n) is 13.9. The van der Waals surface area contributed by atoms with Gasteiger partial charge in [0.2, 0.25) is 0 Å². The highest BCUT2D eigenvalue weighted by molar-refractivity contribution is 5.83. The van der Waals surface area contributed by atoms with Gasteiger partial charge in [-0.2, -0.15) is 0 Å². The molecule has 1 aliphatic rings. The molecule has 2 N–H and O–H groups in total. The highest BCUT2D eigenvalue weighted by Gasteiger charge is 2.31. The lowest BCUT2D eigenvalue weighted by atomic mass is 9.98. The molecule has 0 saturated carbocycles. The molecule has 0 aromatic heterocycles. The van der Waals surface area contributed by atoms with Gasteiger partial charge in [0.05, 0.1) is 6.61 Å². The number of nitrogens with one attached hydrogen (secondary N) is 1. The number of benzene rings is 3. The molecule has 0 aliphatic heterocycles. The first-order valence-corrected chi connectivity index (χ1v) is 16.9. The van der Waals surface area contributed by atoms with Crippen molar-refractivity contribution < 1.29 is 33.7 Å². The first kappa shape index (κ1) is 37.1. The molecule has 8 heteroatoms. The Kier molecular flexibility index (Phi) is 13.0. The number of alkyl carbamates (subject to hydrolysis) is 1. The van der Waals surface area contributed by atoms with E-state index in [4.69, 9.17) is 14.2 Å². The van der Waals surface area contributed by atoms with Crippen LogP contribution in [0.1, 0.15) is 82.6 Å². The molecule has 0 heterocycles. The molecular formula is C41H49NO7. The predicted octanol–water partition coefficient (Wildman–Crippen LogP) is 7.98. The van der Waals surface area contributed by atoms with Crippen molar-refractivity contribution in [2.24, 2.45) is 11.8 Å². The Bertz CT molecular complexity index is 1590. The molecule has 0 fully saturated rings. The summed E-state index contributed by atoms with van der Waals surface area (Å²) in [6, 6.07) is 22.8. The molecule has 260 valence electrons. The number of hydrogen-bond acceptors (Lipinski definition) is 7. The number of aliphatic hydroxyl groups is 1. The minimum Gasteiger partial charge on any atom is -0.460 e. The SMILES string of the molecule is CC(C)C[C@H](NC(=O)OCC1c2ccccc2-c2ccccc21)C(=O)OC(C/C=C/C(=O)OC(C)(C)C)C(C)/C=C\c1ccc(CO)cc1. The van der Waals surface area contributed by atoms with E-state index in [1.807, 2.05) is 81.5 Å². The fourth-order valence-electron chi connectivity index (χ4n) is 5.82. The van der Waals surface area contributed by atoms with Crippen molar-refractivity contribution in [2.75, 3.05) is 6.61 Å². The monoisotopic (exact) mass is 667 g/mol. The van der Waals surface area contributed by atoms with Crippen LogP contribution in [-0.4, -0.2) is 47.5 Å². The van der Waals surface area contributed by atoms with Crippen LogP contribution < -0.4 is 5.32 Å². The van der Waals surface area contributed by atoms with Gasteiger partial charge in [-0.15, -0.1) is 0 Å². The van der Waals surface area contributed by atoms with E-state index in [9.17, 15) is 19.5 Å². The summed E-state index contributed by atoms with van der Waals surface area (Å²) in [4.78, 5) is 39.2. The van der Waals surface area contributed by atoms with Crippen LogP contribution in [0.3, 0.4) is 0 Å². The van der Waals surface area contributed by atoms with Crippen molar-refractivity contribution in [1.29, 1.82) is 0 Å². The molecule has 49 heavy (non-hydrogen) atoms.